The molecule has 1 aliphatic rings. The molecule has 2 aromatic rings. The SMILES string of the molecule is CC.CC.N#Cc1ccc(/C=C(\F)C#Cc2ccc(CN3CCOCC3)cc2)cc1. The van der Waals surface area contributed by atoms with Crippen molar-refractivity contribution in [2.24, 2.45) is 0 Å². The van der Waals surface area contributed by atoms with E-state index in [1.165, 1.54) is 11.6 Å². The molecule has 1 saturated heterocycles. The monoisotopic (exact) mass is 406 g/mol. The molecular formula is C26H31FN2O. The lowest BCUT2D eigenvalue weighted by Gasteiger charge is -2.26. The quantitative estimate of drug-likeness (QED) is 0.604. The van der Waals surface area contributed by atoms with E-state index in [0.29, 0.717) is 11.1 Å². The molecule has 0 atom stereocenters. The summed E-state index contributed by atoms with van der Waals surface area (Å²) >= 11 is 0. The molecule has 0 N–H and O–H groups in total. The van der Waals surface area contributed by atoms with Crippen molar-refractivity contribution in [2.75, 3.05) is 26.3 Å². The summed E-state index contributed by atoms with van der Waals surface area (Å²) in [5.41, 5.74) is 3.22. The summed E-state index contributed by atoms with van der Waals surface area (Å²) in [4.78, 5) is 2.35. The van der Waals surface area contributed by atoms with Crippen LogP contribution in [0.3, 0.4) is 0 Å². The summed E-state index contributed by atoms with van der Waals surface area (Å²) in [5, 5.41) is 8.76. The van der Waals surface area contributed by atoms with Crippen LogP contribution in [0.25, 0.3) is 6.08 Å². The van der Waals surface area contributed by atoms with Gasteiger partial charge in [0.1, 0.15) is 0 Å². The fourth-order valence-electron chi connectivity index (χ4n) is 2.68. The van der Waals surface area contributed by atoms with Crippen LogP contribution < -0.4 is 0 Å². The summed E-state index contributed by atoms with van der Waals surface area (Å²) in [7, 11) is 0. The molecule has 0 spiro atoms. The van der Waals surface area contributed by atoms with Crippen molar-refractivity contribution in [3.05, 3.63) is 76.6 Å². The topological polar surface area (TPSA) is 36.3 Å². The molecule has 4 heteroatoms. The number of ether oxygens (including phenoxy) is 1. The van der Waals surface area contributed by atoms with Gasteiger partial charge in [-0.05, 0) is 47.4 Å². The zero-order valence-electron chi connectivity index (χ0n) is 18.4. The number of rotatable bonds is 3. The van der Waals surface area contributed by atoms with Crippen LogP contribution >= 0.6 is 0 Å². The first-order valence-corrected chi connectivity index (χ1v) is 10.5. The van der Waals surface area contributed by atoms with Crippen LogP contribution in [-0.4, -0.2) is 31.2 Å². The van der Waals surface area contributed by atoms with Gasteiger partial charge in [-0.15, -0.1) is 0 Å². The lowest BCUT2D eigenvalue weighted by atomic mass is 10.1. The van der Waals surface area contributed by atoms with Gasteiger partial charge in [0.25, 0.3) is 0 Å². The lowest BCUT2D eigenvalue weighted by molar-refractivity contribution is 0.0342. The van der Waals surface area contributed by atoms with Crippen molar-refractivity contribution in [3.63, 3.8) is 0 Å². The predicted octanol–water partition coefficient (Wildman–Crippen LogP) is 5.80. The van der Waals surface area contributed by atoms with Gasteiger partial charge in [-0.1, -0.05) is 57.9 Å². The number of hydrogen-bond acceptors (Lipinski definition) is 3. The molecule has 1 fully saturated rings. The average Bonchev–Trinajstić information content (AvgIpc) is 2.82. The van der Waals surface area contributed by atoms with Crippen LogP contribution in [0, 0.1) is 23.2 Å². The standard InChI is InChI=1S/C22H19FN2O.2C2H6/c23-22(15-19-3-5-20(16-24)6-4-19)10-9-18-1-7-21(8-2-18)17-25-11-13-26-14-12-25;2*1-2/h1-8,15H,11-14,17H2;2*1-2H3/b22-15-;;. The summed E-state index contributed by atoms with van der Waals surface area (Å²) in [6.07, 6.45) is 1.36. The third-order valence-corrected chi connectivity index (χ3v) is 4.12. The van der Waals surface area contributed by atoms with Gasteiger partial charge in [-0.2, -0.15) is 9.65 Å². The second kappa shape index (κ2) is 15.0. The van der Waals surface area contributed by atoms with E-state index in [-0.39, 0.29) is 0 Å². The largest absolute Gasteiger partial charge is 0.379 e. The third kappa shape index (κ3) is 9.05. The first-order valence-electron chi connectivity index (χ1n) is 10.5. The van der Waals surface area contributed by atoms with Gasteiger partial charge in [0, 0.05) is 25.2 Å². The molecule has 0 bridgehead atoms. The molecule has 0 aromatic heterocycles. The Morgan fingerprint density at radius 2 is 1.53 bits per heavy atom. The van der Waals surface area contributed by atoms with Gasteiger partial charge in [0.2, 0.25) is 0 Å². The minimum atomic E-state index is -0.507. The van der Waals surface area contributed by atoms with Crippen LogP contribution in [-0.2, 0) is 11.3 Å². The van der Waals surface area contributed by atoms with Crippen LogP contribution in [0.1, 0.15) is 49.9 Å². The van der Waals surface area contributed by atoms with E-state index in [2.05, 4.69) is 16.7 Å². The van der Waals surface area contributed by atoms with E-state index in [1.807, 2.05) is 58.0 Å². The first kappa shape index (κ1) is 25.1. The minimum Gasteiger partial charge on any atom is -0.379 e. The zero-order chi connectivity index (χ0) is 22.2. The number of morpholine rings is 1. The molecular weight excluding hydrogens is 375 g/mol. The Balaban J connectivity index is 0.00000106. The highest BCUT2D eigenvalue weighted by atomic mass is 19.1. The maximum Gasteiger partial charge on any atom is 0.174 e. The minimum absolute atomic E-state index is 0.507. The number of halogens is 1. The summed E-state index contributed by atoms with van der Waals surface area (Å²) in [6, 6.07) is 16.6. The Kier molecular flexibility index (Phi) is 12.6. The number of nitrogens with zero attached hydrogens (tertiary/aromatic N) is 2. The second-order valence-corrected chi connectivity index (χ2v) is 6.06. The van der Waals surface area contributed by atoms with Crippen molar-refractivity contribution in [2.45, 2.75) is 34.2 Å². The number of benzene rings is 2. The Morgan fingerprint density at radius 1 is 0.967 bits per heavy atom. The molecule has 3 rings (SSSR count). The van der Waals surface area contributed by atoms with Crippen molar-refractivity contribution in [1.82, 2.24) is 4.90 Å². The van der Waals surface area contributed by atoms with Crippen LogP contribution in [0.5, 0.6) is 0 Å². The molecule has 0 aliphatic carbocycles. The Labute approximate surface area is 180 Å². The highest BCUT2D eigenvalue weighted by molar-refractivity contribution is 5.57. The normalized spacial score (nSPS) is 13.4. The Morgan fingerprint density at radius 3 is 2.10 bits per heavy atom. The highest BCUT2D eigenvalue weighted by Gasteiger charge is 2.10. The molecule has 1 aliphatic heterocycles. The summed E-state index contributed by atoms with van der Waals surface area (Å²) < 4.78 is 19.3. The molecule has 0 amide bonds. The van der Waals surface area contributed by atoms with E-state index < -0.39 is 5.83 Å². The van der Waals surface area contributed by atoms with E-state index in [9.17, 15) is 4.39 Å². The van der Waals surface area contributed by atoms with Gasteiger partial charge < -0.3 is 4.74 Å². The first-order chi connectivity index (χ1) is 14.7. The van der Waals surface area contributed by atoms with Crippen molar-refractivity contribution in [3.8, 4) is 17.9 Å². The summed E-state index contributed by atoms with van der Waals surface area (Å²) in [5.74, 6) is 4.86. The smallest absolute Gasteiger partial charge is 0.174 e. The maximum atomic E-state index is 13.9. The molecule has 30 heavy (non-hydrogen) atoms. The van der Waals surface area contributed by atoms with E-state index in [1.54, 1.807) is 24.3 Å². The van der Waals surface area contributed by atoms with Crippen LogP contribution in [0.4, 0.5) is 4.39 Å². The molecule has 0 radical (unpaired) electrons. The average molecular weight is 407 g/mol. The van der Waals surface area contributed by atoms with Gasteiger partial charge >= 0.3 is 0 Å². The predicted molar refractivity (Wildman–Crippen MR) is 122 cm³/mol. The molecule has 0 saturated carbocycles. The summed E-state index contributed by atoms with van der Waals surface area (Å²) in [6.45, 7) is 12.4. The van der Waals surface area contributed by atoms with Gasteiger partial charge in [0.05, 0.1) is 24.8 Å². The number of nitriles is 1. The lowest BCUT2D eigenvalue weighted by Crippen LogP contribution is -2.35. The molecule has 158 valence electrons. The van der Waals surface area contributed by atoms with E-state index in [4.69, 9.17) is 10.00 Å². The molecule has 0 unspecified atom stereocenters. The fourth-order valence-corrected chi connectivity index (χ4v) is 2.68. The van der Waals surface area contributed by atoms with Crippen LogP contribution in [0.2, 0.25) is 0 Å². The Bertz CT molecular complexity index is 862. The van der Waals surface area contributed by atoms with E-state index in [0.717, 1.165) is 38.4 Å². The van der Waals surface area contributed by atoms with Crippen molar-refractivity contribution >= 4 is 6.08 Å². The second-order valence-electron chi connectivity index (χ2n) is 6.06. The Hall–Kier alpha value is -2.92. The molecule has 3 nitrogen and oxygen atoms in total. The van der Waals surface area contributed by atoms with Crippen molar-refractivity contribution < 1.29 is 9.13 Å². The highest BCUT2D eigenvalue weighted by Crippen LogP contribution is 2.11. The molecule has 2 aromatic carbocycles. The van der Waals surface area contributed by atoms with E-state index >= 15 is 0 Å². The van der Waals surface area contributed by atoms with Gasteiger partial charge in [-0.3, -0.25) is 4.90 Å². The third-order valence-electron chi connectivity index (χ3n) is 4.12. The number of allylic oxidation sites excluding steroid dienone is 1. The van der Waals surface area contributed by atoms with Crippen LogP contribution in [0.15, 0.2) is 54.4 Å². The van der Waals surface area contributed by atoms with Gasteiger partial charge in [-0.25, -0.2) is 0 Å². The van der Waals surface area contributed by atoms with Crippen molar-refractivity contribution in [1.29, 1.82) is 5.26 Å². The number of hydrogen-bond donors (Lipinski definition) is 0. The molecule has 1 heterocycles. The van der Waals surface area contributed by atoms with Gasteiger partial charge in [0.15, 0.2) is 5.83 Å². The fraction of sp³-hybridized carbons (Fsp3) is 0.346. The zero-order valence-corrected chi connectivity index (χ0v) is 18.4. The maximum absolute atomic E-state index is 13.9.